The van der Waals surface area contributed by atoms with Crippen LogP contribution in [-0.2, 0) is 13.1 Å². The highest BCUT2D eigenvalue weighted by Gasteiger charge is 2.22. The molecule has 0 amide bonds. The number of carbonyl (C=O) groups is 1. The number of carbonyl (C=O) groups excluding carboxylic acids is 1. The Hall–Kier alpha value is -2.57. The lowest BCUT2D eigenvalue weighted by Gasteiger charge is -2.34. The van der Waals surface area contributed by atoms with Crippen LogP contribution >= 0.6 is 0 Å². The molecular weight excluding hydrogens is 366 g/mol. The van der Waals surface area contributed by atoms with Crippen molar-refractivity contribution in [3.63, 3.8) is 0 Å². The van der Waals surface area contributed by atoms with E-state index in [9.17, 15) is 4.79 Å². The zero-order valence-corrected chi connectivity index (χ0v) is 17.3. The Morgan fingerprint density at radius 2 is 1.79 bits per heavy atom. The fourth-order valence-electron chi connectivity index (χ4n) is 4.18. The first-order chi connectivity index (χ1) is 14.0. The van der Waals surface area contributed by atoms with Gasteiger partial charge in [-0.3, -0.25) is 14.6 Å². The van der Waals surface area contributed by atoms with Gasteiger partial charge < -0.3 is 14.0 Å². The maximum Gasteiger partial charge on any atom is 0.231 e. The van der Waals surface area contributed by atoms with Gasteiger partial charge in [0, 0.05) is 56.2 Å². The molecule has 2 aliphatic heterocycles. The fraction of sp³-hybridized carbons (Fsp3) is 0.435. The molecule has 1 aromatic carbocycles. The van der Waals surface area contributed by atoms with Gasteiger partial charge in [-0.25, -0.2) is 0 Å². The third-order valence-corrected chi connectivity index (χ3v) is 5.86. The minimum absolute atomic E-state index is 0.206. The van der Waals surface area contributed by atoms with Crippen molar-refractivity contribution < 1.29 is 14.3 Å². The first-order valence-corrected chi connectivity index (χ1v) is 10.2. The molecule has 0 saturated carbocycles. The lowest BCUT2D eigenvalue weighted by atomic mass is 10.1. The maximum absolute atomic E-state index is 12.9. The summed E-state index contributed by atoms with van der Waals surface area (Å²) < 4.78 is 13.0. The Kier molecular flexibility index (Phi) is 5.74. The number of aryl methyl sites for hydroxylation is 1. The third kappa shape index (κ3) is 4.23. The van der Waals surface area contributed by atoms with Crippen LogP contribution in [0.1, 0.15) is 27.3 Å². The van der Waals surface area contributed by atoms with Gasteiger partial charge in [-0.1, -0.05) is 12.1 Å². The highest BCUT2D eigenvalue weighted by atomic mass is 16.7. The number of Topliss-reactive ketones (excluding diaryl/α,β-unsaturated/α-hetero) is 1. The molecule has 0 spiro atoms. The molecule has 29 heavy (non-hydrogen) atoms. The normalized spacial score (nSPS) is 16.9. The van der Waals surface area contributed by atoms with Gasteiger partial charge in [-0.2, -0.15) is 0 Å². The second kappa shape index (κ2) is 8.43. The largest absolute Gasteiger partial charge is 0.454 e. The summed E-state index contributed by atoms with van der Waals surface area (Å²) >= 11 is 0. The Morgan fingerprint density at radius 1 is 1.07 bits per heavy atom. The maximum atomic E-state index is 12.9. The highest BCUT2D eigenvalue weighted by Crippen LogP contribution is 2.32. The second-order valence-corrected chi connectivity index (χ2v) is 7.85. The smallest absolute Gasteiger partial charge is 0.231 e. The van der Waals surface area contributed by atoms with Crippen LogP contribution in [0.3, 0.4) is 0 Å². The van der Waals surface area contributed by atoms with Crippen molar-refractivity contribution in [2.24, 2.45) is 0 Å². The van der Waals surface area contributed by atoms with Crippen molar-refractivity contribution in [2.75, 3.05) is 39.5 Å². The average Bonchev–Trinajstić information content (AvgIpc) is 3.29. The van der Waals surface area contributed by atoms with Gasteiger partial charge in [0.2, 0.25) is 6.79 Å². The van der Waals surface area contributed by atoms with E-state index in [2.05, 4.69) is 33.1 Å². The van der Waals surface area contributed by atoms with Gasteiger partial charge in [-0.05, 0) is 37.6 Å². The molecule has 3 heterocycles. The predicted octanol–water partition coefficient (Wildman–Crippen LogP) is 3.02. The molecule has 0 N–H and O–H groups in total. The molecule has 6 heteroatoms. The standard InChI is InChI=1S/C23H29N3O3/c1-4-7-26-17(2)12-20(18(26)3)21(27)15-25-10-8-24(9-11-25)14-19-5-6-22-23(13-19)29-16-28-22/h4-6,12-13H,1,7-11,14-16H2,2-3H3. The van der Waals surface area contributed by atoms with E-state index in [1.165, 1.54) is 5.56 Å². The molecule has 6 nitrogen and oxygen atoms in total. The van der Waals surface area contributed by atoms with Crippen LogP contribution in [0.4, 0.5) is 0 Å². The first-order valence-electron chi connectivity index (χ1n) is 10.2. The fourth-order valence-corrected chi connectivity index (χ4v) is 4.18. The molecular formula is C23H29N3O3. The van der Waals surface area contributed by atoms with Crippen LogP contribution in [0.2, 0.25) is 0 Å². The molecule has 1 saturated heterocycles. The van der Waals surface area contributed by atoms with Crippen LogP contribution in [0, 0.1) is 13.8 Å². The molecule has 0 unspecified atom stereocenters. The van der Waals surface area contributed by atoms with Crippen molar-refractivity contribution in [1.82, 2.24) is 14.4 Å². The number of rotatable bonds is 7. The quantitative estimate of drug-likeness (QED) is 0.533. The summed E-state index contributed by atoms with van der Waals surface area (Å²) in [6.45, 7) is 14.0. The molecule has 0 bridgehead atoms. The van der Waals surface area contributed by atoms with Gasteiger partial charge in [0.15, 0.2) is 17.3 Å². The summed E-state index contributed by atoms with van der Waals surface area (Å²) in [4.78, 5) is 17.6. The molecule has 154 valence electrons. The number of nitrogens with zero attached hydrogens (tertiary/aromatic N) is 3. The van der Waals surface area contributed by atoms with Crippen molar-refractivity contribution in [2.45, 2.75) is 26.9 Å². The first kappa shape index (κ1) is 19.7. The van der Waals surface area contributed by atoms with Gasteiger partial charge in [-0.15, -0.1) is 6.58 Å². The van der Waals surface area contributed by atoms with E-state index >= 15 is 0 Å². The van der Waals surface area contributed by atoms with Gasteiger partial charge >= 0.3 is 0 Å². The molecule has 0 radical (unpaired) electrons. The van der Waals surface area contributed by atoms with Crippen LogP contribution < -0.4 is 9.47 Å². The molecule has 4 rings (SSSR count). The monoisotopic (exact) mass is 395 g/mol. The summed E-state index contributed by atoms with van der Waals surface area (Å²) in [6, 6.07) is 8.16. The minimum atomic E-state index is 0.206. The van der Waals surface area contributed by atoms with Crippen LogP contribution in [0.15, 0.2) is 36.9 Å². The number of hydrogen-bond acceptors (Lipinski definition) is 5. The lowest BCUT2D eigenvalue weighted by molar-refractivity contribution is 0.0843. The summed E-state index contributed by atoms with van der Waals surface area (Å²) in [7, 11) is 0. The Morgan fingerprint density at radius 3 is 2.55 bits per heavy atom. The number of aromatic nitrogens is 1. The summed E-state index contributed by atoms with van der Waals surface area (Å²) in [5, 5.41) is 0. The number of allylic oxidation sites excluding steroid dienone is 1. The van der Waals surface area contributed by atoms with Gasteiger partial charge in [0.25, 0.3) is 0 Å². The average molecular weight is 396 g/mol. The van der Waals surface area contributed by atoms with Crippen LogP contribution in [0.5, 0.6) is 11.5 Å². The summed E-state index contributed by atoms with van der Waals surface area (Å²) in [5.41, 5.74) is 4.22. The van der Waals surface area contributed by atoms with Crippen molar-refractivity contribution in [1.29, 1.82) is 0 Å². The van der Waals surface area contributed by atoms with Crippen molar-refractivity contribution in [3.05, 3.63) is 59.4 Å². The minimum Gasteiger partial charge on any atom is -0.454 e. The number of ether oxygens (including phenoxy) is 2. The number of piperazine rings is 1. The Labute approximate surface area is 172 Å². The topological polar surface area (TPSA) is 46.9 Å². The molecule has 0 atom stereocenters. The zero-order valence-electron chi connectivity index (χ0n) is 17.3. The second-order valence-electron chi connectivity index (χ2n) is 7.85. The highest BCUT2D eigenvalue weighted by molar-refractivity contribution is 5.99. The predicted molar refractivity (Wildman–Crippen MR) is 113 cm³/mol. The van der Waals surface area contributed by atoms with E-state index in [1.54, 1.807) is 0 Å². The van der Waals surface area contributed by atoms with E-state index in [0.29, 0.717) is 13.3 Å². The Bertz CT molecular complexity index is 910. The van der Waals surface area contributed by atoms with Crippen LogP contribution in [0.25, 0.3) is 0 Å². The lowest BCUT2D eigenvalue weighted by Crippen LogP contribution is -2.47. The number of hydrogen-bond donors (Lipinski definition) is 0. The molecule has 1 fully saturated rings. The molecule has 2 aliphatic rings. The van der Waals surface area contributed by atoms with Gasteiger partial charge in [0.05, 0.1) is 6.54 Å². The zero-order chi connectivity index (χ0) is 20.4. The summed E-state index contributed by atoms with van der Waals surface area (Å²) in [5.74, 6) is 1.86. The summed E-state index contributed by atoms with van der Waals surface area (Å²) in [6.07, 6.45) is 1.87. The van der Waals surface area contributed by atoms with E-state index in [0.717, 1.165) is 67.7 Å². The molecule has 2 aromatic rings. The van der Waals surface area contributed by atoms with E-state index in [1.807, 2.05) is 32.1 Å². The van der Waals surface area contributed by atoms with Gasteiger partial charge in [0.1, 0.15) is 0 Å². The van der Waals surface area contributed by atoms with E-state index < -0.39 is 0 Å². The molecule has 0 aliphatic carbocycles. The number of fused-ring (bicyclic) bond motifs is 1. The van der Waals surface area contributed by atoms with E-state index in [-0.39, 0.29) is 5.78 Å². The number of ketones is 1. The molecule has 1 aromatic heterocycles. The Balaban J connectivity index is 1.30. The van der Waals surface area contributed by atoms with Crippen molar-refractivity contribution in [3.8, 4) is 11.5 Å². The van der Waals surface area contributed by atoms with E-state index in [4.69, 9.17) is 9.47 Å². The van der Waals surface area contributed by atoms with Crippen molar-refractivity contribution >= 4 is 5.78 Å². The van der Waals surface area contributed by atoms with Crippen LogP contribution in [-0.4, -0.2) is 59.7 Å². The third-order valence-electron chi connectivity index (χ3n) is 5.86. The number of benzene rings is 1. The SMILES string of the molecule is C=CCn1c(C)cc(C(=O)CN2CCN(Cc3ccc4c(c3)OCO4)CC2)c1C.